The zero-order chi connectivity index (χ0) is 15.3. The molecule has 0 spiro atoms. The highest BCUT2D eigenvalue weighted by molar-refractivity contribution is 7.99. The van der Waals surface area contributed by atoms with Crippen LogP contribution in [0.5, 0.6) is 0 Å². The smallest absolute Gasteiger partial charge is 0.191 e. The molecule has 1 saturated heterocycles. The Hall–Kier alpha value is -0.420. The first kappa shape index (κ1) is 16.4. The van der Waals surface area contributed by atoms with Crippen LogP contribution in [0.3, 0.4) is 0 Å². The summed E-state index contributed by atoms with van der Waals surface area (Å²) in [6.45, 7) is 4.68. The molecule has 3 fully saturated rings. The highest BCUT2D eigenvalue weighted by Crippen LogP contribution is 2.34. The largest absolute Gasteiger partial charge is 0.356 e. The Morgan fingerprint density at radius 1 is 1.14 bits per heavy atom. The molecule has 2 aliphatic carbocycles. The van der Waals surface area contributed by atoms with E-state index >= 15 is 0 Å². The molecule has 0 atom stereocenters. The standard InChI is InChI=1S/C17H32N4S/c1-18-16(19-13-15-5-6-15)20-14-17(7-3-2-4-8-17)21-9-11-22-12-10-21/h15H,2-14H2,1H3,(H2,18,19,20). The summed E-state index contributed by atoms with van der Waals surface area (Å²) in [5, 5.41) is 7.16. The first-order chi connectivity index (χ1) is 10.8. The summed E-state index contributed by atoms with van der Waals surface area (Å²) in [6.07, 6.45) is 9.67. The van der Waals surface area contributed by atoms with Gasteiger partial charge in [0.1, 0.15) is 0 Å². The van der Waals surface area contributed by atoms with E-state index in [0.29, 0.717) is 5.54 Å². The van der Waals surface area contributed by atoms with Gasteiger partial charge in [0.05, 0.1) is 0 Å². The minimum atomic E-state index is 0.371. The van der Waals surface area contributed by atoms with Gasteiger partial charge in [-0.2, -0.15) is 11.8 Å². The van der Waals surface area contributed by atoms with Gasteiger partial charge in [-0.3, -0.25) is 9.89 Å². The molecule has 4 nitrogen and oxygen atoms in total. The fraction of sp³-hybridized carbons (Fsp3) is 0.941. The van der Waals surface area contributed by atoms with Gasteiger partial charge >= 0.3 is 0 Å². The molecule has 0 amide bonds. The SMILES string of the molecule is CN=C(NCC1CC1)NCC1(N2CCSCC2)CCCCC1. The highest BCUT2D eigenvalue weighted by atomic mass is 32.2. The molecule has 1 heterocycles. The van der Waals surface area contributed by atoms with Crippen LogP contribution in [0.15, 0.2) is 4.99 Å². The third-order valence-corrected chi connectivity index (χ3v) is 6.47. The Morgan fingerprint density at radius 2 is 1.86 bits per heavy atom. The average Bonchev–Trinajstić information content (AvgIpc) is 3.41. The number of rotatable bonds is 5. The van der Waals surface area contributed by atoms with Gasteiger partial charge in [-0.05, 0) is 31.6 Å². The van der Waals surface area contributed by atoms with E-state index in [9.17, 15) is 0 Å². The van der Waals surface area contributed by atoms with Crippen molar-refractivity contribution in [3.05, 3.63) is 0 Å². The van der Waals surface area contributed by atoms with Crippen LogP contribution in [0.4, 0.5) is 0 Å². The molecule has 3 rings (SSSR count). The fourth-order valence-corrected chi connectivity index (χ4v) is 4.79. The maximum absolute atomic E-state index is 4.42. The second-order valence-electron chi connectivity index (χ2n) is 7.13. The minimum Gasteiger partial charge on any atom is -0.356 e. The Kier molecular flexibility index (Phi) is 5.91. The zero-order valence-corrected chi connectivity index (χ0v) is 14.9. The lowest BCUT2D eigenvalue weighted by Gasteiger charge is -2.48. The van der Waals surface area contributed by atoms with E-state index in [1.807, 2.05) is 7.05 Å². The molecule has 0 aromatic carbocycles. The van der Waals surface area contributed by atoms with Crippen molar-refractivity contribution < 1.29 is 0 Å². The predicted molar refractivity (Wildman–Crippen MR) is 96.8 cm³/mol. The van der Waals surface area contributed by atoms with Crippen LogP contribution >= 0.6 is 11.8 Å². The molecule has 1 aliphatic heterocycles. The lowest BCUT2D eigenvalue weighted by atomic mass is 9.80. The van der Waals surface area contributed by atoms with Gasteiger partial charge in [0.2, 0.25) is 0 Å². The van der Waals surface area contributed by atoms with Crippen LogP contribution in [-0.4, -0.2) is 61.1 Å². The number of guanidine groups is 1. The number of nitrogens with zero attached hydrogens (tertiary/aromatic N) is 2. The van der Waals surface area contributed by atoms with Gasteiger partial charge in [0, 0.05) is 50.3 Å². The van der Waals surface area contributed by atoms with E-state index in [0.717, 1.165) is 25.0 Å². The van der Waals surface area contributed by atoms with Crippen molar-refractivity contribution in [3.8, 4) is 0 Å². The Balaban J connectivity index is 1.56. The lowest BCUT2D eigenvalue weighted by Crippen LogP contribution is -2.59. The third kappa shape index (κ3) is 4.31. The molecule has 2 N–H and O–H groups in total. The van der Waals surface area contributed by atoms with Crippen LogP contribution < -0.4 is 10.6 Å². The Bertz CT molecular complexity index is 369. The number of aliphatic imine (C=N–C) groups is 1. The third-order valence-electron chi connectivity index (χ3n) is 5.53. The van der Waals surface area contributed by atoms with E-state index < -0.39 is 0 Å². The van der Waals surface area contributed by atoms with Crippen molar-refractivity contribution in [2.45, 2.75) is 50.5 Å². The van der Waals surface area contributed by atoms with Crippen molar-refractivity contribution in [2.24, 2.45) is 10.9 Å². The monoisotopic (exact) mass is 324 g/mol. The maximum atomic E-state index is 4.42. The molecule has 3 aliphatic rings. The second kappa shape index (κ2) is 7.91. The molecule has 2 saturated carbocycles. The Morgan fingerprint density at radius 3 is 2.50 bits per heavy atom. The lowest BCUT2D eigenvalue weighted by molar-refractivity contribution is 0.0626. The second-order valence-corrected chi connectivity index (χ2v) is 8.36. The molecule has 5 heteroatoms. The summed E-state index contributed by atoms with van der Waals surface area (Å²) in [6, 6.07) is 0. The van der Waals surface area contributed by atoms with Crippen molar-refractivity contribution >= 4 is 17.7 Å². The fourth-order valence-electron chi connectivity index (χ4n) is 3.88. The van der Waals surface area contributed by atoms with Gasteiger partial charge in [-0.25, -0.2) is 0 Å². The highest BCUT2D eigenvalue weighted by Gasteiger charge is 2.38. The summed E-state index contributed by atoms with van der Waals surface area (Å²) in [4.78, 5) is 7.20. The Labute approximate surface area is 139 Å². The van der Waals surface area contributed by atoms with E-state index in [2.05, 4.69) is 32.3 Å². The maximum Gasteiger partial charge on any atom is 0.191 e. The van der Waals surface area contributed by atoms with Gasteiger partial charge in [0.15, 0.2) is 5.96 Å². The molecule has 22 heavy (non-hydrogen) atoms. The quantitative estimate of drug-likeness (QED) is 0.601. The van der Waals surface area contributed by atoms with Gasteiger partial charge in [0.25, 0.3) is 0 Å². The molecule has 0 aromatic heterocycles. The summed E-state index contributed by atoms with van der Waals surface area (Å²) in [5.41, 5.74) is 0.371. The molecule has 0 aromatic rings. The topological polar surface area (TPSA) is 39.7 Å². The van der Waals surface area contributed by atoms with Gasteiger partial charge in [-0.15, -0.1) is 0 Å². The predicted octanol–water partition coefficient (Wildman–Crippen LogP) is 2.31. The summed E-state index contributed by atoms with van der Waals surface area (Å²) in [5.74, 6) is 4.50. The number of thioether (sulfide) groups is 1. The molecule has 0 bridgehead atoms. The average molecular weight is 325 g/mol. The van der Waals surface area contributed by atoms with Crippen molar-refractivity contribution in [1.82, 2.24) is 15.5 Å². The van der Waals surface area contributed by atoms with Crippen molar-refractivity contribution in [3.63, 3.8) is 0 Å². The first-order valence-electron chi connectivity index (χ1n) is 9.10. The summed E-state index contributed by atoms with van der Waals surface area (Å²) >= 11 is 2.11. The number of hydrogen-bond acceptors (Lipinski definition) is 3. The molecule has 0 radical (unpaired) electrons. The number of nitrogens with one attached hydrogen (secondary N) is 2. The van der Waals surface area contributed by atoms with Crippen molar-refractivity contribution in [2.75, 3.05) is 44.7 Å². The molecule has 126 valence electrons. The molecular formula is C17H32N4S. The van der Waals surface area contributed by atoms with Gasteiger partial charge < -0.3 is 10.6 Å². The minimum absolute atomic E-state index is 0.371. The van der Waals surface area contributed by atoms with E-state index in [4.69, 9.17) is 0 Å². The number of hydrogen-bond donors (Lipinski definition) is 2. The van der Waals surface area contributed by atoms with Crippen LogP contribution in [0.1, 0.15) is 44.9 Å². The van der Waals surface area contributed by atoms with Crippen LogP contribution in [0, 0.1) is 5.92 Å². The first-order valence-corrected chi connectivity index (χ1v) is 10.3. The van der Waals surface area contributed by atoms with Crippen LogP contribution in [0.2, 0.25) is 0 Å². The molecule has 0 unspecified atom stereocenters. The van der Waals surface area contributed by atoms with Crippen LogP contribution in [0.25, 0.3) is 0 Å². The zero-order valence-electron chi connectivity index (χ0n) is 14.1. The van der Waals surface area contributed by atoms with E-state index in [1.54, 1.807) is 0 Å². The van der Waals surface area contributed by atoms with Crippen LogP contribution in [-0.2, 0) is 0 Å². The summed E-state index contributed by atoms with van der Waals surface area (Å²) in [7, 11) is 1.90. The van der Waals surface area contributed by atoms with Gasteiger partial charge in [-0.1, -0.05) is 19.3 Å². The van der Waals surface area contributed by atoms with E-state index in [1.165, 1.54) is 69.5 Å². The van der Waals surface area contributed by atoms with E-state index in [-0.39, 0.29) is 0 Å². The molecular weight excluding hydrogens is 292 g/mol. The summed E-state index contributed by atoms with van der Waals surface area (Å²) < 4.78 is 0. The van der Waals surface area contributed by atoms with Crippen molar-refractivity contribution in [1.29, 1.82) is 0 Å². The normalized spacial score (nSPS) is 26.7.